The quantitative estimate of drug-likeness (QED) is 0.220. The van der Waals surface area contributed by atoms with Crippen LogP contribution in [-0.4, -0.2) is 66.4 Å². The number of nitrogens with zero attached hydrogens (tertiary/aromatic N) is 4. The molecule has 2 aromatic heterocycles. The highest BCUT2D eigenvalue weighted by atomic mass is 35.5. The lowest BCUT2D eigenvalue weighted by molar-refractivity contribution is 0.0657. The van der Waals surface area contributed by atoms with Crippen molar-refractivity contribution in [3.05, 3.63) is 70.4 Å². The van der Waals surface area contributed by atoms with Gasteiger partial charge in [0.15, 0.2) is 0 Å². The second-order valence-corrected chi connectivity index (χ2v) is 9.92. The molecule has 0 radical (unpaired) electrons. The number of hydrogen-bond donors (Lipinski definition) is 3. The summed E-state index contributed by atoms with van der Waals surface area (Å²) in [5.74, 6) is 1.87. The van der Waals surface area contributed by atoms with Crippen LogP contribution in [0.2, 0.25) is 10.0 Å². The normalized spacial score (nSPS) is 14.9. The lowest BCUT2D eigenvalue weighted by Gasteiger charge is -2.23. The van der Waals surface area contributed by atoms with Crippen LogP contribution in [0.15, 0.2) is 60.3 Å². The molecule has 0 saturated heterocycles. The second-order valence-electron chi connectivity index (χ2n) is 9.16. The van der Waals surface area contributed by atoms with Crippen molar-refractivity contribution in [3.63, 3.8) is 0 Å². The van der Waals surface area contributed by atoms with Crippen molar-refractivity contribution in [2.45, 2.75) is 26.4 Å². The summed E-state index contributed by atoms with van der Waals surface area (Å²) in [7, 11) is 3.04. The fourth-order valence-corrected chi connectivity index (χ4v) is 4.95. The van der Waals surface area contributed by atoms with E-state index in [9.17, 15) is 0 Å². The number of allylic oxidation sites excluding steroid dienone is 1. The number of nitrogens with one attached hydrogen (secondary N) is 2. The molecule has 1 unspecified atom stereocenters. The van der Waals surface area contributed by atoms with Crippen LogP contribution in [-0.2, 0) is 4.74 Å². The summed E-state index contributed by atoms with van der Waals surface area (Å²) in [4.78, 5) is 15.7. The third kappa shape index (κ3) is 7.39. The van der Waals surface area contributed by atoms with E-state index in [1.807, 2.05) is 30.4 Å². The Morgan fingerprint density at radius 2 is 1.76 bits per heavy atom. The van der Waals surface area contributed by atoms with Gasteiger partial charge in [-0.3, -0.25) is 0 Å². The molecule has 3 aromatic rings. The zero-order valence-electron chi connectivity index (χ0n) is 23.6. The summed E-state index contributed by atoms with van der Waals surface area (Å²) >= 11 is 13.2. The highest BCUT2D eigenvalue weighted by molar-refractivity contribution is 6.41. The Kier molecular flexibility index (Phi) is 10.6. The van der Waals surface area contributed by atoms with E-state index in [1.54, 1.807) is 12.3 Å². The molecule has 218 valence electrons. The highest BCUT2D eigenvalue weighted by Crippen LogP contribution is 2.45. The van der Waals surface area contributed by atoms with Crippen LogP contribution in [0.5, 0.6) is 11.5 Å². The standard InChI is InChI=1S/C29H35Cl2N7O3/c1-5-38(6-2)12-13-41-18-9-10-21(20(32)14-18)36-25-15-22(34-17-35-25)19-8-7-11-33-29(19)37-28-26(30)23(39-3)16-24(40-4)27(28)31/h7-11,15-18H,5-6,12-14,32H2,1-4H3,(H,33,37)(H,34,35,36). The molecule has 0 bridgehead atoms. The van der Waals surface area contributed by atoms with Gasteiger partial charge in [0.05, 0.1) is 44.0 Å². The molecule has 0 amide bonds. The number of methoxy groups -OCH3 is 2. The SMILES string of the molecule is CCN(CC)CCOC1C=CC(Nc2cc(-c3cccnc3Nc3c(Cl)c(OC)cc(OC)c3Cl)ncn2)=C(N)C1. The summed E-state index contributed by atoms with van der Waals surface area (Å²) < 4.78 is 16.8. The van der Waals surface area contributed by atoms with Gasteiger partial charge in [-0.05, 0) is 31.3 Å². The van der Waals surface area contributed by atoms with Crippen molar-refractivity contribution in [3.8, 4) is 22.8 Å². The average molecular weight is 601 g/mol. The van der Waals surface area contributed by atoms with Crippen molar-refractivity contribution in [2.75, 3.05) is 51.1 Å². The van der Waals surface area contributed by atoms with E-state index in [2.05, 4.69) is 44.3 Å². The number of likely N-dealkylation sites (N-methyl/N-ethyl adjacent to an activating group) is 1. The summed E-state index contributed by atoms with van der Waals surface area (Å²) in [6.07, 6.45) is 7.62. The molecule has 1 aliphatic carbocycles. The summed E-state index contributed by atoms with van der Waals surface area (Å²) in [5, 5.41) is 7.12. The van der Waals surface area contributed by atoms with Crippen LogP contribution in [0.4, 0.5) is 17.3 Å². The van der Waals surface area contributed by atoms with Gasteiger partial charge >= 0.3 is 0 Å². The van der Waals surface area contributed by atoms with Gasteiger partial charge in [-0.25, -0.2) is 15.0 Å². The second kappa shape index (κ2) is 14.4. The molecule has 0 spiro atoms. The number of hydrogen-bond acceptors (Lipinski definition) is 10. The fraction of sp³-hybridized carbons (Fsp3) is 0.345. The first-order valence-corrected chi connectivity index (χ1v) is 14.1. The fourth-order valence-electron chi connectivity index (χ4n) is 4.35. The molecular formula is C29H35Cl2N7O3. The molecule has 1 aromatic carbocycles. The van der Waals surface area contributed by atoms with Gasteiger partial charge in [-0.1, -0.05) is 43.1 Å². The maximum Gasteiger partial charge on any atom is 0.143 e. The van der Waals surface area contributed by atoms with E-state index >= 15 is 0 Å². The van der Waals surface area contributed by atoms with Gasteiger partial charge in [-0.15, -0.1) is 0 Å². The summed E-state index contributed by atoms with van der Waals surface area (Å²) in [6, 6.07) is 7.14. The molecule has 2 heterocycles. The molecule has 4 N–H and O–H groups in total. The third-order valence-corrected chi connectivity index (χ3v) is 7.46. The summed E-state index contributed by atoms with van der Waals surface area (Å²) in [6.45, 7) is 7.86. The maximum absolute atomic E-state index is 6.58. The minimum Gasteiger partial charge on any atom is -0.495 e. The molecule has 1 aliphatic rings. The Morgan fingerprint density at radius 3 is 2.41 bits per heavy atom. The first kappa shape index (κ1) is 30.4. The number of nitrogens with two attached hydrogens (primary N) is 1. The Hall–Kier alpha value is -3.57. The van der Waals surface area contributed by atoms with Crippen LogP contribution in [0.3, 0.4) is 0 Å². The molecule has 41 heavy (non-hydrogen) atoms. The van der Waals surface area contributed by atoms with Crippen LogP contribution in [0.1, 0.15) is 20.3 Å². The predicted molar refractivity (Wildman–Crippen MR) is 164 cm³/mol. The molecule has 0 fully saturated rings. The Labute approximate surface area is 250 Å². The average Bonchev–Trinajstić information content (AvgIpc) is 2.99. The van der Waals surface area contributed by atoms with E-state index in [0.29, 0.717) is 68.8 Å². The highest BCUT2D eigenvalue weighted by Gasteiger charge is 2.20. The van der Waals surface area contributed by atoms with Gasteiger partial charge < -0.3 is 35.5 Å². The van der Waals surface area contributed by atoms with E-state index in [4.69, 9.17) is 43.1 Å². The van der Waals surface area contributed by atoms with E-state index in [-0.39, 0.29) is 6.10 Å². The first-order valence-electron chi connectivity index (χ1n) is 13.3. The number of anilines is 3. The van der Waals surface area contributed by atoms with Crippen LogP contribution in [0.25, 0.3) is 11.3 Å². The monoisotopic (exact) mass is 599 g/mol. The van der Waals surface area contributed by atoms with Crippen molar-refractivity contribution in [1.82, 2.24) is 19.9 Å². The molecular weight excluding hydrogens is 565 g/mol. The topological polar surface area (TPSA) is 120 Å². The number of ether oxygens (including phenoxy) is 3. The minimum absolute atomic E-state index is 0.0602. The zero-order valence-corrected chi connectivity index (χ0v) is 25.1. The minimum atomic E-state index is -0.0602. The van der Waals surface area contributed by atoms with Crippen LogP contribution < -0.4 is 25.8 Å². The molecule has 1 atom stereocenters. The lowest BCUT2D eigenvalue weighted by atomic mass is 10.1. The predicted octanol–water partition coefficient (Wildman–Crippen LogP) is 5.88. The van der Waals surface area contributed by atoms with Gasteiger partial charge in [0.2, 0.25) is 0 Å². The van der Waals surface area contributed by atoms with Gasteiger partial charge in [0, 0.05) is 42.6 Å². The van der Waals surface area contributed by atoms with E-state index < -0.39 is 0 Å². The first-order chi connectivity index (χ1) is 19.9. The molecule has 12 heteroatoms. The van der Waals surface area contributed by atoms with Crippen molar-refractivity contribution < 1.29 is 14.2 Å². The third-order valence-electron chi connectivity index (χ3n) is 6.71. The number of rotatable bonds is 13. The number of halogens is 2. The van der Waals surface area contributed by atoms with Gasteiger partial charge in [-0.2, -0.15) is 0 Å². The van der Waals surface area contributed by atoms with Crippen LogP contribution >= 0.6 is 23.2 Å². The number of benzene rings is 1. The summed E-state index contributed by atoms with van der Waals surface area (Å²) in [5.41, 5.74) is 9.59. The van der Waals surface area contributed by atoms with Gasteiger partial charge in [0.1, 0.15) is 39.5 Å². The van der Waals surface area contributed by atoms with Gasteiger partial charge in [0.25, 0.3) is 0 Å². The van der Waals surface area contributed by atoms with Crippen molar-refractivity contribution in [2.24, 2.45) is 5.73 Å². The Bertz CT molecular complexity index is 1380. The molecule has 4 rings (SSSR count). The van der Waals surface area contributed by atoms with Crippen molar-refractivity contribution in [1.29, 1.82) is 0 Å². The molecule has 0 aliphatic heterocycles. The smallest absolute Gasteiger partial charge is 0.143 e. The Morgan fingerprint density at radius 1 is 1.02 bits per heavy atom. The Balaban J connectivity index is 1.51. The largest absolute Gasteiger partial charge is 0.495 e. The lowest BCUT2D eigenvalue weighted by Crippen LogP contribution is -2.29. The maximum atomic E-state index is 6.58. The van der Waals surface area contributed by atoms with Crippen LogP contribution in [0, 0.1) is 0 Å². The number of pyridine rings is 1. The molecule has 10 nitrogen and oxygen atoms in total. The molecule has 0 saturated carbocycles. The van der Waals surface area contributed by atoms with E-state index in [0.717, 1.165) is 25.3 Å². The van der Waals surface area contributed by atoms with E-state index in [1.165, 1.54) is 20.5 Å². The number of aromatic nitrogens is 3. The van der Waals surface area contributed by atoms with Crippen molar-refractivity contribution >= 4 is 40.5 Å². The zero-order chi connectivity index (χ0) is 29.4.